The number of benzene rings is 2. The van der Waals surface area contributed by atoms with Gasteiger partial charge in [-0.25, -0.2) is 0 Å². The van der Waals surface area contributed by atoms with E-state index < -0.39 is 0 Å². The van der Waals surface area contributed by atoms with E-state index in [9.17, 15) is 4.79 Å². The first kappa shape index (κ1) is 18.8. The molecule has 0 bridgehead atoms. The van der Waals surface area contributed by atoms with Crippen LogP contribution in [0.3, 0.4) is 0 Å². The molecule has 5 nitrogen and oxygen atoms in total. The van der Waals surface area contributed by atoms with Gasteiger partial charge in [0.2, 0.25) is 0 Å². The van der Waals surface area contributed by atoms with E-state index in [0.717, 1.165) is 44.0 Å². The predicted octanol–water partition coefficient (Wildman–Crippen LogP) is 1.92. The Bertz CT molecular complexity index is 826. The summed E-state index contributed by atoms with van der Waals surface area (Å²) in [6.07, 6.45) is 3.53. The summed E-state index contributed by atoms with van der Waals surface area (Å²) in [5, 5.41) is 3.14. The minimum absolute atomic E-state index is 0.0497. The molecule has 0 radical (unpaired) electrons. The molecule has 1 aliphatic heterocycles. The number of carbonyl (C=O) groups excluding carboxylic acids is 1. The average molecular weight is 381 g/mol. The van der Waals surface area contributed by atoms with Gasteiger partial charge >= 0.3 is 0 Å². The highest BCUT2D eigenvalue weighted by Gasteiger charge is 2.29. The molecule has 0 saturated carbocycles. The zero-order chi connectivity index (χ0) is 19.5. The number of quaternary nitrogens is 1. The van der Waals surface area contributed by atoms with Crippen molar-refractivity contribution >= 4 is 17.3 Å². The number of fused-ring (bicyclic) bond motifs is 1. The number of ether oxygens (including phenoxy) is 1. The van der Waals surface area contributed by atoms with Gasteiger partial charge < -0.3 is 19.9 Å². The molecule has 1 fully saturated rings. The molecule has 148 valence electrons. The van der Waals surface area contributed by atoms with Crippen LogP contribution < -0.4 is 19.9 Å². The van der Waals surface area contributed by atoms with E-state index in [0.29, 0.717) is 0 Å². The molecular weight excluding hydrogens is 350 g/mol. The maximum absolute atomic E-state index is 12.8. The lowest BCUT2D eigenvalue weighted by Crippen LogP contribution is -3.19. The van der Waals surface area contributed by atoms with Crippen LogP contribution in [0.5, 0.6) is 5.75 Å². The van der Waals surface area contributed by atoms with Crippen LogP contribution >= 0.6 is 0 Å². The number of aryl methyl sites for hydroxylation is 2. The van der Waals surface area contributed by atoms with Gasteiger partial charge in [-0.15, -0.1) is 0 Å². The van der Waals surface area contributed by atoms with Crippen molar-refractivity contribution in [2.75, 3.05) is 43.5 Å². The van der Waals surface area contributed by atoms with Crippen molar-refractivity contribution < 1.29 is 14.4 Å². The van der Waals surface area contributed by atoms with Crippen LogP contribution in [0.25, 0.3) is 0 Å². The summed E-state index contributed by atoms with van der Waals surface area (Å²) in [6, 6.07) is 14.5. The minimum atomic E-state index is -0.0497. The Morgan fingerprint density at radius 1 is 1.07 bits per heavy atom. The molecular formula is C23H30N3O2+. The maximum Gasteiger partial charge on any atom is 0.282 e. The first-order chi connectivity index (χ1) is 13.6. The summed E-state index contributed by atoms with van der Waals surface area (Å²) in [7, 11) is 1.69. The molecule has 1 amide bonds. The van der Waals surface area contributed by atoms with Gasteiger partial charge in [-0.2, -0.15) is 0 Å². The zero-order valence-corrected chi connectivity index (χ0v) is 16.8. The van der Waals surface area contributed by atoms with Crippen LogP contribution in [0.2, 0.25) is 0 Å². The topological polar surface area (TPSA) is 46.0 Å². The Balaban J connectivity index is 1.31. The molecule has 2 aromatic rings. The van der Waals surface area contributed by atoms with Crippen LogP contribution in [0.1, 0.15) is 24.5 Å². The van der Waals surface area contributed by atoms with Crippen molar-refractivity contribution in [3.8, 4) is 5.75 Å². The molecule has 2 N–H and O–H groups in total. The number of hydrogen-bond donors (Lipinski definition) is 2. The van der Waals surface area contributed by atoms with Crippen molar-refractivity contribution in [1.82, 2.24) is 0 Å². The molecule has 1 heterocycles. The molecule has 4 rings (SSSR count). The van der Waals surface area contributed by atoms with Crippen LogP contribution in [0.4, 0.5) is 11.4 Å². The molecule has 28 heavy (non-hydrogen) atoms. The summed E-state index contributed by atoms with van der Waals surface area (Å²) in [4.78, 5) is 16.5. The third-order valence-corrected chi connectivity index (χ3v) is 6.21. The number of methoxy groups -OCH3 is 1. The normalized spacial score (nSPS) is 17.9. The third kappa shape index (κ3) is 3.99. The lowest BCUT2D eigenvalue weighted by Gasteiger charge is -2.36. The highest BCUT2D eigenvalue weighted by atomic mass is 16.5. The second kappa shape index (κ2) is 8.23. The first-order valence-electron chi connectivity index (χ1n) is 10.3. The van der Waals surface area contributed by atoms with Gasteiger partial charge in [-0.3, -0.25) is 4.79 Å². The van der Waals surface area contributed by atoms with Crippen molar-refractivity contribution in [2.24, 2.45) is 0 Å². The molecule has 2 aromatic carbocycles. The Kier molecular flexibility index (Phi) is 5.53. The Morgan fingerprint density at radius 2 is 1.79 bits per heavy atom. The molecule has 0 unspecified atom stereocenters. The van der Waals surface area contributed by atoms with Gasteiger partial charge in [0.25, 0.3) is 5.91 Å². The number of nitrogens with zero attached hydrogens (tertiary/aromatic N) is 1. The summed E-state index contributed by atoms with van der Waals surface area (Å²) in [5.74, 6) is 0.996. The number of nitrogens with one attached hydrogen (secondary N) is 2. The fourth-order valence-corrected chi connectivity index (χ4v) is 4.36. The van der Waals surface area contributed by atoms with Gasteiger partial charge in [0, 0.05) is 11.4 Å². The van der Waals surface area contributed by atoms with E-state index in [1.807, 2.05) is 25.1 Å². The quantitative estimate of drug-likeness (QED) is 0.833. The molecule has 1 atom stereocenters. The zero-order valence-electron chi connectivity index (χ0n) is 16.8. The van der Waals surface area contributed by atoms with E-state index in [-0.39, 0.29) is 11.9 Å². The van der Waals surface area contributed by atoms with E-state index in [1.54, 1.807) is 7.11 Å². The lowest BCUT2D eigenvalue weighted by atomic mass is 10.1. The number of amides is 1. The predicted molar refractivity (Wildman–Crippen MR) is 112 cm³/mol. The number of carbonyl (C=O) groups is 1. The Hall–Kier alpha value is -2.53. The highest BCUT2D eigenvalue weighted by Crippen LogP contribution is 2.25. The van der Waals surface area contributed by atoms with Crippen molar-refractivity contribution in [2.45, 2.75) is 32.2 Å². The van der Waals surface area contributed by atoms with E-state index in [1.165, 1.54) is 34.6 Å². The van der Waals surface area contributed by atoms with E-state index >= 15 is 0 Å². The summed E-state index contributed by atoms with van der Waals surface area (Å²) in [5.41, 5.74) is 4.99. The van der Waals surface area contributed by atoms with Gasteiger partial charge in [-0.05, 0) is 73.7 Å². The Morgan fingerprint density at radius 3 is 2.50 bits per heavy atom. The SMILES string of the molecule is COc1ccc(N2CC[NH+]([C@H](C)C(=O)Nc3ccc4c(c3)CCC4)CC2)cc1. The van der Waals surface area contributed by atoms with Gasteiger partial charge in [0.15, 0.2) is 6.04 Å². The van der Waals surface area contributed by atoms with Gasteiger partial charge in [-0.1, -0.05) is 6.07 Å². The van der Waals surface area contributed by atoms with Gasteiger partial charge in [0.05, 0.1) is 33.3 Å². The van der Waals surface area contributed by atoms with Crippen molar-refractivity contribution in [3.05, 3.63) is 53.6 Å². The van der Waals surface area contributed by atoms with E-state index in [4.69, 9.17) is 4.74 Å². The number of rotatable bonds is 5. The van der Waals surface area contributed by atoms with Crippen molar-refractivity contribution in [3.63, 3.8) is 0 Å². The van der Waals surface area contributed by atoms with Crippen LogP contribution in [0, 0.1) is 0 Å². The van der Waals surface area contributed by atoms with E-state index in [2.05, 4.69) is 34.5 Å². The second-order valence-corrected chi connectivity index (χ2v) is 7.89. The summed E-state index contributed by atoms with van der Waals surface area (Å²) >= 11 is 0. The fourth-order valence-electron chi connectivity index (χ4n) is 4.36. The molecule has 1 saturated heterocycles. The molecule has 1 aliphatic carbocycles. The fraction of sp³-hybridized carbons (Fsp3) is 0.435. The standard InChI is InChI=1S/C23H29N3O2/c1-17(23(27)24-20-7-6-18-4-3-5-19(18)16-20)25-12-14-26(15-13-25)21-8-10-22(28-2)11-9-21/h6-11,16-17H,3-5,12-15H2,1-2H3,(H,24,27)/p+1/t17-/m1/s1. The smallest absolute Gasteiger partial charge is 0.282 e. The van der Waals surface area contributed by atoms with Crippen LogP contribution in [-0.2, 0) is 17.6 Å². The van der Waals surface area contributed by atoms with Crippen molar-refractivity contribution in [1.29, 1.82) is 0 Å². The summed E-state index contributed by atoms with van der Waals surface area (Å²) < 4.78 is 5.24. The number of piperazine rings is 1. The maximum atomic E-state index is 12.8. The minimum Gasteiger partial charge on any atom is -0.497 e. The van der Waals surface area contributed by atoms with Crippen LogP contribution in [0.15, 0.2) is 42.5 Å². The third-order valence-electron chi connectivity index (χ3n) is 6.21. The van der Waals surface area contributed by atoms with Gasteiger partial charge in [0.1, 0.15) is 5.75 Å². The number of anilines is 2. The first-order valence-corrected chi connectivity index (χ1v) is 10.3. The molecule has 0 aromatic heterocycles. The molecule has 2 aliphatic rings. The second-order valence-electron chi connectivity index (χ2n) is 7.89. The molecule has 5 heteroatoms. The Labute approximate surface area is 167 Å². The molecule has 0 spiro atoms. The highest BCUT2D eigenvalue weighted by molar-refractivity contribution is 5.93. The van der Waals surface area contributed by atoms with Crippen LogP contribution in [-0.4, -0.2) is 45.2 Å². The average Bonchev–Trinajstić information content (AvgIpc) is 3.21. The monoisotopic (exact) mass is 380 g/mol. The lowest BCUT2D eigenvalue weighted by molar-refractivity contribution is -0.914. The largest absolute Gasteiger partial charge is 0.497 e. The number of hydrogen-bond acceptors (Lipinski definition) is 3. The summed E-state index contributed by atoms with van der Waals surface area (Å²) in [6.45, 7) is 5.88.